The summed E-state index contributed by atoms with van der Waals surface area (Å²) in [6, 6.07) is 6.01. The second-order valence-corrected chi connectivity index (χ2v) is 8.03. The molecule has 0 radical (unpaired) electrons. The number of anilines is 2. The summed E-state index contributed by atoms with van der Waals surface area (Å²) in [6.45, 7) is 2.97. The van der Waals surface area contributed by atoms with Gasteiger partial charge in [-0.2, -0.15) is 15.0 Å². The first kappa shape index (κ1) is 20.0. The highest BCUT2D eigenvalue weighted by Crippen LogP contribution is 2.18. The van der Waals surface area contributed by atoms with E-state index < -0.39 is 10.0 Å². The molecule has 28 heavy (non-hydrogen) atoms. The van der Waals surface area contributed by atoms with E-state index in [1.54, 1.807) is 0 Å². The maximum atomic E-state index is 12.5. The summed E-state index contributed by atoms with van der Waals surface area (Å²) in [5, 5.41) is 2.59. The molecule has 0 bridgehead atoms. The van der Waals surface area contributed by atoms with Crippen molar-refractivity contribution in [2.24, 2.45) is 0 Å². The lowest BCUT2D eigenvalue weighted by molar-refractivity contribution is -0.114. The molecule has 10 nitrogen and oxygen atoms in total. The van der Waals surface area contributed by atoms with E-state index in [0.717, 1.165) is 25.9 Å². The molecule has 150 valence electrons. The summed E-state index contributed by atoms with van der Waals surface area (Å²) in [7, 11) is -2.32. The van der Waals surface area contributed by atoms with Crippen molar-refractivity contribution in [2.75, 3.05) is 30.4 Å². The van der Waals surface area contributed by atoms with Gasteiger partial charge in [-0.25, -0.2) is 13.1 Å². The Balaban J connectivity index is 1.73. The van der Waals surface area contributed by atoms with Gasteiger partial charge in [0.1, 0.15) is 0 Å². The van der Waals surface area contributed by atoms with Crippen LogP contribution in [0, 0.1) is 0 Å². The predicted molar refractivity (Wildman–Crippen MR) is 103 cm³/mol. The van der Waals surface area contributed by atoms with E-state index >= 15 is 0 Å². The lowest BCUT2D eigenvalue weighted by Crippen LogP contribution is -2.26. The zero-order valence-corrected chi connectivity index (χ0v) is 16.5. The van der Waals surface area contributed by atoms with E-state index in [1.807, 2.05) is 4.90 Å². The molecule has 2 heterocycles. The molecule has 1 amide bonds. The first-order valence-electron chi connectivity index (χ1n) is 8.78. The van der Waals surface area contributed by atoms with Crippen LogP contribution in [-0.2, 0) is 21.4 Å². The Morgan fingerprint density at radius 2 is 1.82 bits per heavy atom. The quantitative estimate of drug-likeness (QED) is 0.695. The maximum absolute atomic E-state index is 12.5. The van der Waals surface area contributed by atoms with Crippen molar-refractivity contribution in [1.82, 2.24) is 19.7 Å². The number of hydrogen-bond donors (Lipinski definition) is 2. The molecule has 0 unspecified atom stereocenters. The van der Waals surface area contributed by atoms with E-state index in [9.17, 15) is 13.2 Å². The van der Waals surface area contributed by atoms with E-state index in [1.165, 1.54) is 38.3 Å². The minimum atomic E-state index is -3.77. The number of carbonyl (C=O) groups is 1. The lowest BCUT2D eigenvalue weighted by atomic mass is 10.3. The Hall–Kier alpha value is -2.79. The Morgan fingerprint density at radius 3 is 2.43 bits per heavy atom. The predicted octanol–water partition coefficient (Wildman–Crippen LogP) is 0.917. The van der Waals surface area contributed by atoms with Crippen LogP contribution in [0.25, 0.3) is 0 Å². The maximum Gasteiger partial charge on any atom is 0.321 e. The molecule has 1 saturated heterocycles. The van der Waals surface area contributed by atoms with Crippen LogP contribution < -0.4 is 19.7 Å². The van der Waals surface area contributed by atoms with Crippen LogP contribution in [0.1, 0.15) is 25.6 Å². The van der Waals surface area contributed by atoms with Crippen molar-refractivity contribution in [3.8, 4) is 6.01 Å². The minimum Gasteiger partial charge on any atom is -0.467 e. The highest BCUT2D eigenvalue weighted by molar-refractivity contribution is 7.89. The first-order valence-corrected chi connectivity index (χ1v) is 10.3. The monoisotopic (exact) mass is 406 g/mol. The third-order valence-corrected chi connectivity index (χ3v) is 5.54. The minimum absolute atomic E-state index is 0.0717. The largest absolute Gasteiger partial charge is 0.467 e. The molecule has 1 fully saturated rings. The average molecular weight is 406 g/mol. The summed E-state index contributed by atoms with van der Waals surface area (Å²) in [4.78, 5) is 25.9. The molecular formula is C17H22N6O4S. The number of hydrogen-bond acceptors (Lipinski definition) is 8. The second-order valence-electron chi connectivity index (χ2n) is 6.26. The molecule has 0 spiro atoms. The van der Waals surface area contributed by atoms with E-state index in [-0.39, 0.29) is 29.2 Å². The SMILES string of the molecule is COc1nc(CNS(=O)(=O)c2ccc(NC(C)=O)cc2)nc(N2CCCC2)n1. The van der Waals surface area contributed by atoms with Gasteiger partial charge in [-0.15, -0.1) is 0 Å². The molecule has 1 aromatic heterocycles. The number of methoxy groups -OCH3 is 1. The smallest absolute Gasteiger partial charge is 0.321 e. The van der Waals surface area contributed by atoms with Crippen molar-refractivity contribution in [3.05, 3.63) is 30.1 Å². The third-order valence-electron chi connectivity index (χ3n) is 4.13. The average Bonchev–Trinajstić information content (AvgIpc) is 3.21. The molecule has 3 rings (SSSR count). The number of amides is 1. The second kappa shape index (κ2) is 8.48. The molecule has 11 heteroatoms. The van der Waals surface area contributed by atoms with Crippen molar-refractivity contribution in [2.45, 2.75) is 31.2 Å². The molecule has 1 aliphatic heterocycles. The molecule has 2 N–H and O–H groups in total. The van der Waals surface area contributed by atoms with Crippen LogP contribution in [0.4, 0.5) is 11.6 Å². The number of aromatic nitrogens is 3. The van der Waals surface area contributed by atoms with Gasteiger partial charge in [0.05, 0.1) is 18.6 Å². The molecule has 0 atom stereocenters. The molecule has 2 aromatic rings. The third kappa shape index (κ3) is 4.93. The van der Waals surface area contributed by atoms with Gasteiger partial charge in [-0.3, -0.25) is 4.79 Å². The van der Waals surface area contributed by atoms with Gasteiger partial charge < -0.3 is 15.0 Å². The number of rotatable bonds is 7. The van der Waals surface area contributed by atoms with Gasteiger partial charge in [-0.1, -0.05) is 0 Å². The fraction of sp³-hybridized carbons (Fsp3) is 0.412. The van der Waals surface area contributed by atoms with Gasteiger partial charge in [0.25, 0.3) is 0 Å². The number of benzene rings is 1. The number of nitrogens with one attached hydrogen (secondary N) is 2. The Labute approximate surface area is 163 Å². The standard InChI is InChI=1S/C17H22N6O4S/c1-12(24)19-13-5-7-14(8-6-13)28(25,26)18-11-15-20-16(22-17(21-15)27-2)23-9-3-4-10-23/h5-8,18H,3-4,9-11H2,1-2H3,(H,19,24). The normalized spacial score (nSPS) is 14.1. The van der Waals surface area contributed by atoms with Crippen LogP contribution in [-0.4, -0.2) is 49.5 Å². The van der Waals surface area contributed by atoms with Crippen molar-refractivity contribution >= 4 is 27.6 Å². The van der Waals surface area contributed by atoms with E-state index in [0.29, 0.717) is 11.6 Å². The topological polar surface area (TPSA) is 126 Å². The van der Waals surface area contributed by atoms with Gasteiger partial charge in [0.15, 0.2) is 5.82 Å². The van der Waals surface area contributed by atoms with Crippen LogP contribution in [0.2, 0.25) is 0 Å². The van der Waals surface area contributed by atoms with Crippen molar-refractivity contribution in [3.63, 3.8) is 0 Å². The van der Waals surface area contributed by atoms with Crippen LogP contribution in [0.3, 0.4) is 0 Å². The summed E-state index contributed by atoms with van der Waals surface area (Å²) in [6.07, 6.45) is 2.12. The van der Waals surface area contributed by atoms with E-state index in [4.69, 9.17) is 4.74 Å². The number of carbonyl (C=O) groups excluding carboxylic acids is 1. The van der Waals surface area contributed by atoms with Crippen LogP contribution in [0.5, 0.6) is 6.01 Å². The summed E-state index contributed by atoms with van der Waals surface area (Å²) < 4.78 is 32.6. The van der Waals surface area contributed by atoms with Crippen molar-refractivity contribution in [1.29, 1.82) is 0 Å². The fourth-order valence-electron chi connectivity index (χ4n) is 2.78. The fourth-order valence-corrected chi connectivity index (χ4v) is 3.76. The molecule has 1 aromatic carbocycles. The Bertz CT molecular complexity index is 943. The summed E-state index contributed by atoms with van der Waals surface area (Å²) in [5.74, 6) is 0.525. The Morgan fingerprint density at radius 1 is 1.14 bits per heavy atom. The van der Waals surface area contributed by atoms with Gasteiger partial charge in [0.2, 0.25) is 21.9 Å². The van der Waals surface area contributed by atoms with Gasteiger partial charge in [0, 0.05) is 25.7 Å². The van der Waals surface area contributed by atoms with Crippen LogP contribution in [0.15, 0.2) is 29.2 Å². The molecule has 1 aliphatic rings. The first-order chi connectivity index (χ1) is 13.4. The molecule has 0 saturated carbocycles. The zero-order valence-electron chi connectivity index (χ0n) is 15.7. The number of nitrogens with zero attached hydrogens (tertiary/aromatic N) is 4. The molecule has 0 aliphatic carbocycles. The Kier molecular flexibility index (Phi) is 6.05. The highest BCUT2D eigenvalue weighted by atomic mass is 32.2. The van der Waals surface area contributed by atoms with Crippen molar-refractivity contribution < 1.29 is 17.9 Å². The zero-order chi connectivity index (χ0) is 20.1. The van der Waals surface area contributed by atoms with Gasteiger partial charge in [-0.05, 0) is 37.1 Å². The summed E-state index contributed by atoms with van der Waals surface area (Å²) in [5.41, 5.74) is 0.518. The number of ether oxygens (including phenoxy) is 1. The van der Waals surface area contributed by atoms with Gasteiger partial charge >= 0.3 is 6.01 Å². The lowest BCUT2D eigenvalue weighted by Gasteiger charge is -2.16. The summed E-state index contributed by atoms with van der Waals surface area (Å²) >= 11 is 0. The number of sulfonamides is 1. The van der Waals surface area contributed by atoms with Crippen LogP contribution >= 0.6 is 0 Å². The van der Waals surface area contributed by atoms with E-state index in [2.05, 4.69) is 25.0 Å². The molecular weight excluding hydrogens is 384 g/mol. The highest BCUT2D eigenvalue weighted by Gasteiger charge is 2.19.